The number of thioether (sulfide) groups is 1. The van der Waals surface area contributed by atoms with Crippen LogP contribution >= 0.6 is 39.3 Å². The predicted octanol–water partition coefficient (Wildman–Crippen LogP) is 4.05. The molecule has 0 amide bonds. The van der Waals surface area contributed by atoms with Gasteiger partial charge in [0.2, 0.25) is 0 Å². The number of nitrogens with one attached hydrogen (secondary N) is 1. The van der Waals surface area contributed by atoms with Crippen LogP contribution in [0.2, 0.25) is 5.02 Å². The number of nitrogens with zero attached hydrogens (tertiary/aromatic N) is 1. The van der Waals surface area contributed by atoms with E-state index in [9.17, 15) is 0 Å². The third-order valence-corrected chi connectivity index (χ3v) is 4.01. The quantitative estimate of drug-likeness (QED) is 0.908. The normalized spacial score (nSPS) is 11.5. The van der Waals surface area contributed by atoms with Gasteiger partial charge in [0.25, 0.3) is 0 Å². The molecule has 15 heavy (non-hydrogen) atoms. The van der Waals surface area contributed by atoms with Gasteiger partial charge in [-0.15, -0.1) is 0 Å². The van der Waals surface area contributed by atoms with Gasteiger partial charge in [0.15, 0.2) is 0 Å². The number of halogens is 2. The van der Waals surface area contributed by atoms with Gasteiger partial charge in [-0.2, -0.15) is 11.8 Å². The van der Waals surface area contributed by atoms with Crippen molar-refractivity contribution in [2.24, 2.45) is 0 Å². The van der Waals surface area contributed by atoms with Gasteiger partial charge in [-0.05, 0) is 42.1 Å². The van der Waals surface area contributed by atoms with Crippen LogP contribution in [0, 0.1) is 0 Å². The number of rotatable bonds is 4. The van der Waals surface area contributed by atoms with Crippen molar-refractivity contribution in [1.82, 2.24) is 4.98 Å². The summed E-state index contributed by atoms with van der Waals surface area (Å²) in [5, 5.41) is 3.89. The molecular weight excluding hydrogens is 296 g/mol. The molecule has 0 saturated carbocycles. The van der Waals surface area contributed by atoms with Gasteiger partial charge in [0.05, 0.1) is 5.02 Å². The molecule has 0 atom stereocenters. The Balaban J connectivity index is 2.66. The van der Waals surface area contributed by atoms with Gasteiger partial charge in [0, 0.05) is 22.0 Å². The minimum atomic E-state index is 0.179. The number of hydrogen-bond donors (Lipinski definition) is 1. The smallest absolute Gasteiger partial charge is 0.144 e. The molecule has 0 fully saturated rings. The fraction of sp³-hybridized carbons (Fsp3) is 0.500. The van der Waals surface area contributed by atoms with Gasteiger partial charge < -0.3 is 5.32 Å². The topological polar surface area (TPSA) is 24.9 Å². The zero-order valence-corrected chi connectivity index (χ0v) is 12.1. The minimum absolute atomic E-state index is 0.179. The summed E-state index contributed by atoms with van der Waals surface area (Å²) in [6, 6.07) is 1.84. The molecule has 0 bridgehead atoms. The van der Waals surface area contributed by atoms with Crippen LogP contribution in [0.5, 0.6) is 0 Å². The van der Waals surface area contributed by atoms with E-state index in [-0.39, 0.29) is 4.75 Å². The molecule has 2 nitrogen and oxygen atoms in total. The molecule has 0 aromatic carbocycles. The van der Waals surface area contributed by atoms with Crippen LogP contribution in [0.4, 0.5) is 5.82 Å². The maximum atomic E-state index is 6.04. The Morgan fingerprint density at radius 3 is 2.80 bits per heavy atom. The van der Waals surface area contributed by atoms with E-state index < -0.39 is 0 Å². The summed E-state index contributed by atoms with van der Waals surface area (Å²) in [5.74, 6) is 0.738. The van der Waals surface area contributed by atoms with Gasteiger partial charge in [0.1, 0.15) is 5.82 Å². The summed E-state index contributed by atoms with van der Waals surface area (Å²) in [5.41, 5.74) is 0. The van der Waals surface area contributed by atoms with Crippen molar-refractivity contribution < 1.29 is 0 Å². The van der Waals surface area contributed by atoms with Crippen LogP contribution in [0.3, 0.4) is 0 Å². The maximum absolute atomic E-state index is 6.04. The second-order valence-corrected chi connectivity index (χ2v) is 6.64. The molecule has 0 unspecified atom stereocenters. The third kappa shape index (κ3) is 4.21. The van der Waals surface area contributed by atoms with Gasteiger partial charge in [-0.3, -0.25) is 0 Å². The van der Waals surface area contributed by atoms with E-state index in [2.05, 4.69) is 46.3 Å². The molecule has 5 heteroatoms. The summed E-state index contributed by atoms with van der Waals surface area (Å²) in [4.78, 5) is 4.22. The summed E-state index contributed by atoms with van der Waals surface area (Å²) < 4.78 is 1.07. The zero-order chi connectivity index (χ0) is 11.5. The number of pyridine rings is 1. The molecule has 0 saturated heterocycles. The van der Waals surface area contributed by atoms with Gasteiger partial charge in [-0.1, -0.05) is 11.6 Å². The highest BCUT2D eigenvalue weighted by molar-refractivity contribution is 9.10. The van der Waals surface area contributed by atoms with Crippen LogP contribution < -0.4 is 5.32 Å². The molecule has 1 rings (SSSR count). The van der Waals surface area contributed by atoms with E-state index in [4.69, 9.17) is 11.6 Å². The summed E-state index contributed by atoms with van der Waals surface area (Å²) in [7, 11) is 0. The van der Waals surface area contributed by atoms with Crippen molar-refractivity contribution in [2.45, 2.75) is 18.6 Å². The SMILES string of the molecule is CSC(C)(C)CNc1ncc(Br)cc1Cl. The standard InChI is InChI=1S/C10H14BrClN2S/c1-10(2,15-3)6-14-9-8(12)4-7(11)5-13-9/h4-5H,6H2,1-3H3,(H,13,14). The van der Waals surface area contributed by atoms with E-state index in [0.717, 1.165) is 16.8 Å². The Bertz CT molecular complexity index is 344. The average molecular weight is 310 g/mol. The molecule has 0 aliphatic carbocycles. The van der Waals surface area contributed by atoms with Gasteiger partial charge >= 0.3 is 0 Å². The predicted molar refractivity (Wildman–Crippen MR) is 73.0 cm³/mol. The van der Waals surface area contributed by atoms with Crippen LogP contribution in [0.15, 0.2) is 16.7 Å². The Morgan fingerprint density at radius 2 is 2.27 bits per heavy atom. The first-order valence-electron chi connectivity index (χ1n) is 4.55. The second kappa shape index (κ2) is 5.41. The molecule has 1 N–H and O–H groups in total. The van der Waals surface area contributed by atoms with E-state index in [1.165, 1.54) is 0 Å². The first kappa shape index (κ1) is 13.1. The monoisotopic (exact) mass is 308 g/mol. The first-order chi connectivity index (χ1) is 6.94. The van der Waals surface area contributed by atoms with Crippen LogP contribution in [0.25, 0.3) is 0 Å². The molecule has 1 aromatic rings. The first-order valence-corrected chi connectivity index (χ1v) is 6.94. The van der Waals surface area contributed by atoms with Crippen molar-refractivity contribution in [3.05, 3.63) is 21.8 Å². The molecule has 1 aromatic heterocycles. The number of hydrogen-bond acceptors (Lipinski definition) is 3. The highest BCUT2D eigenvalue weighted by Crippen LogP contribution is 2.25. The Labute approximate surface area is 108 Å². The summed E-state index contributed by atoms with van der Waals surface area (Å²) >= 11 is 11.2. The molecule has 84 valence electrons. The Kier molecular flexibility index (Phi) is 4.74. The van der Waals surface area contributed by atoms with Crippen LogP contribution in [-0.2, 0) is 0 Å². The van der Waals surface area contributed by atoms with Gasteiger partial charge in [-0.25, -0.2) is 4.98 Å². The van der Waals surface area contributed by atoms with Crippen molar-refractivity contribution in [1.29, 1.82) is 0 Å². The second-order valence-electron chi connectivity index (χ2n) is 3.80. The number of anilines is 1. The lowest BCUT2D eigenvalue weighted by molar-refractivity contribution is 0.750. The van der Waals surface area contributed by atoms with Crippen molar-refractivity contribution in [2.75, 3.05) is 18.1 Å². The van der Waals surface area contributed by atoms with E-state index in [1.54, 1.807) is 6.20 Å². The van der Waals surface area contributed by atoms with E-state index in [1.807, 2.05) is 17.8 Å². The average Bonchev–Trinajstić information content (AvgIpc) is 2.16. The maximum Gasteiger partial charge on any atom is 0.144 e. The molecule has 1 heterocycles. The molecular formula is C10H14BrClN2S. The molecule has 0 radical (unpaired) electrons. The Morgan fingerprint density at radius 1 is 1.60 bits per heavy atom. The highest BCUT2D eigenvalue weighted by Gasteiger charge is 2.16. The van der Waals surface area contributed by atoms with E-state index in [0.29, 0.717) is 5.02 Å². The Hall–Kier alpha value is 0.0700. The summed E-state index contributed by atoms with van der Waals surface area (Å²) in [6.07, 6.45) is 3.83. The molecule has 0 aliphatic heterocycles. The van der Waals surface area contributed by atoms with Crippen LogP contribution in [0.1, 0.15) is 13.8 Å². The van der Waals surface area contributed by atoms with Crippen LogP contribution in [-0.4, -0.2) is 22.5 Å². The lowest BCUT2D eigenvalue weighted by atomic mass is 10.2. The fourth-order valence-corrected chi connectivity index (χ4v) is 1.83. The number of aromatic nitrogens is 1. The van der Waals surface area contributed by atoms with Crippen molar-refractivity contribution in [3.8, 4) is 0 Å². The molecule has 0 spiro atoms. The third-order valence-electron chi connectivity index (χ3n) is 2.04. The fourth-order valence-electron chi connectivity index (χ4n) is 0.913. The van der Waals surface area contributed by atoms with E-state index >= 15 is 0 Å². The lowest BCUT2D eigenvalue weighted by Gasteiger charge is -2.22. The lowest BCUT2D eigenvalue weighted by Crippen LogP contribution is -2.26. The van der Waals surface area contributed by atoms with Crippen molar-refractivity contribution in [3.63, 3.8) is 0 Å². The minimum Gasteiger partial charge on any atom is -0.367 e. The largest absolute Gasteiger partial charge is 0.367 e. The van der Waals surface area contributed by atoms with Crippen molar-refractivity contribution >= 4 is 45.1 Å². The highest BCUT2D eigenvalue weighted by atomic mass is 79.9. The zero-order valence-electron chi connectivity index (χ0n) is 8.97. The summed E-state index contributed by atoms with van der Waals surface area (Å²) in [6.45, 7) is 5.19. The molecule has 0 aliphatic rings.